The first-order chi connectivity index (χ1) is 11.7. The summed E-state index contributed by atoms with van der Waals surface area (Å²) >= 11 is 11.8. The van der Waals surface area contributed by atoms with E-state index in [1.807, 2.05) is 0 Å². The van der Waals surface area contributed by atoms with Crippen LogP contribution in [0.4, 0.5) is 4.39 Å². The number of aliphatic hydroxyl groups is 1. The Bertz CT molecular complexity index is 831. The van der Waals surface area contributed by atoms with Crippen molar-refractivity contribution in [2.24, 2.45) is 0 Å². The van der Waals surface area contributed by atoms with Crippen LogP contribution in [0.1, 0.15) is 36.7 Å². The van der Waals surface area contributed by atoms with Crippen LogP contribution in [-0.2, 0) is 22.6 Å². The van der Waals surface area contributed by atoms with Gasteiger partial charge in [-0.1, -0.05) is 29.3 Å². The molecule has 2 heterocycles. The summed E-state index contributed by atoms with van der Waals surface area (Å²) in [5.41, 5.74) is -2.89. The standard InChI is InChI=1S/C17H16Cl2FN3O2/c1-16(25)4-5-17(20,11-3-2-6-21-14(11)16)15(24)23-9-13-12(19)7-10(18)8-22-13/h2-3,6-8,25H,4-5,9H2,1H3,(H,23,24)/t16-,17-/m0/s1. The molecule has 1 aliphatic rings. The van der Waals surface area contributed by atoms with Gasteiger partial charge in [0.15, 0.2) is 0 Å². The molecule has 0 unspecified atom stereocenters. The summed E-state index contributed by atoms with van der Waals surface area (Å²) in [6, 6.07) is 4.52. The zero-order valence-electron chi connectivity index (χ0n) is 13.4. The first-order valence-electron chi connectivity index (χ1n) is 7.69. The lowest BCUT2D eigenvalue weighted by Crippen LogP contribution is -2.47. The van der Waals surface area contributed by atoms with E-state index in [-0.39, 0.29) is 35.7 Å². The molecule has 2 N–H and O–H groups in total. The zero-order chi connectivity index (χ0) is 18.2. The number of amides is 1. The fraction of sp³-hybridized carbons (Fsp3) is 0.353. The van der Waals surface area contributed by atoms with Crippen LogP contribution in [0.2, 0.25) is 10.0 Å². The van der Waals surface area contributed by atoms with Gasteiger partial charge in [-0.15, -0.1) is 0 Å². The molecule has 0 fully saturated rings. The summed E-state index contributed by atoms with van der Waals surface area (Å²) in [5.74, 6) is -0.815. The third kappa shape index (κ3) is 3.34. The molecule has 0 saturated carbocycles. The van der Waals surface area contributed by atoms with E-state index in [9.17, 15) is 9.90 Å². The quantitative estimate of drug-likeness (QED) is 0.852. The number of pyridine rings is 2. The molecule has 0 spiro atoms. The number of nitrogens with zero attached hydrogens (tertiary/aromatic N) is 2. The van der Waals surface area contributed by atoms with E-state index in [4.69, 9.17) is 23.2 Å². The van der Waals surface area contributed by atoms with E-state index in [1.54, 1.807) is 13.0 Å². The Labute approximate surface area is 154 Å². The molecule has 3 rings (SSSR count). The predicted molar refractivity (Wildman–Crippen MR) is 91.9 cm³/mol. The average molecular weight is 384 g/mol. The number of hydrogen-bond donors (Lipinski definition) is 2. The van der Waals surface area contributed by atoms with E-state index in [0.29, 0.717) is 10.7 Å². The number of aromatic nitrogens is 2. The molecule has 1 aliphatic carbocycles. The summed E-state index contributed by atoms with van der Waals surface area (Å²) in [7, 11) is 0. The van der Waals surface area contributed by atoms with Crippen molar-refractivity contribution in [1.29, 1.82) is 0 Å². The maximum atomic E-state index is 15.5. The molecule has 0 saturated heterocycles. The Kier molecular flexibility index (Phi) is 4.70. The summed E-state index contributed by atoms with van der Waals surface area (Å²) in [4.78, 5) is 20.7. The summed E-state index contributed by atoms with van der Waals surface area (Å²) in [6.07, 6.45) is 2.80. The highest BCUT2D eigenvalue weighted by Gasteiger charge is 2.50. The van der Waals surface area contributed by atoms with Gasteiger partial charge in [0.1, 0.15) is 5.60 Å². The Balaban J connectivity index is 1.84. The second-order valence-electron chi connectivity index (χ2n) is 6.24. The maximum absolute atomic E-state index is 15.5. The second kappa shape index (κ2) is 6.52. The van der Waals surface area contributed by atoms with Crippen LogP contribution < -0.4 is 5.32 Å². The van der Waals surface area contributed by atoms with Gasteiger partial charge in [0, 0.05) is 18.0 Å². The Morgan fingerprint density at radius 1 is 1.40 bits per heavy atom. The van der Waals surface area contributed by atoms with Crippen molar-refractivity contribution in [3.05, 3.63) is 57.6 Å². The number of fused-ring (bicyclic) bond motifs is 1. The minimum atomic E-state index is -2.27. The van der Waals surface area contributed by atoms with Crippen LogP contribution in [-0.4, -0.2) is 21.0 Å². The fourth-order valence-corrected chi connectivity index (χ4v) is 3.38. The highest BCUT2D eigenvalue weighted by molar-refractivity contribution is 6.34. The number of nitrogens with one attached hydrogen (secondary N) is 1. The van der Waals surface area contributed by atoms with E-state index >= 15 is 4.39 Å². The lowest BCUT2D eigenvalue weighted by Gasteiger charge is -2.37. The molecule has 0 aromatic carbocycles. The van der Waals surface area contributed by atoms with Gasteiger partial charge in [0.25, 0.3) is 5.91 Å². The molecule has 1 amide bonds. The van der Waals surface area contributed by atoms with Crippen molar-refractivity contribution in [2.75, 3.05) is 0 Å². The molecule has 5 nitrogen and oxygen atoms in total. The average Bonchev–Trinajstić information content (AvgIpc) is 2.58. The van der Waals surface area contributed by atoms with Crippen LogP contribution in [0.3, 0.4) is 0 Å². The zero-order valence-corrected chi connectivity index (χ0v) is 14.9. The monoisotopic (exact) mass is 383 g/mol. The minimum absolute atomic E-state index is 0.0352. The number of carbonyl (C=O) groups is 1. The third-order valence-corrected chi connectivity index (χ3v) is 4.90. The molecule has 2 aromatic rings. The van der Waals surface area contributed by atoms with E-state index in [0.717, 1.165) is 0 Å². The minimum Gasteiger partial charge on any atom is -0.384 e. The van der Waals surface area contributed by atoms with Crippen molar-refractivity contribution >= 4 is 29.1 Å². The molecule has 2 atom stereocenters. The molecule has 25 heavy (non-hydrogen) atoms. The largest absolute Gasteiger partial charge is 0.384 e. The van der Waals surface area contributed by atoms with Gasteiger partial charge >= 0.3 is 0 Å². The van der Waals surface area contributed by atoms with Gasteiger partial charge in [0.05, 0.1) is 28.0 Å². The van der Waals surface area contributed by atoms with Crippen molar-refractivity contribution < 1.29 is 14.3 Å². The molecule has 2 aromatic heterocycles. The Morgan fingerprint density at radius 3 is 2.88 bits per heavy atom. The number of alkyl halides is 1. The van der Waals surface area contributed by atoms with Gasteiger partial charge in [-0.3, -0.25) is 14.8 Å². The molecule has 132 valence electrons. The van der Waals surface area contributed by atoms with Crippen molar-refractivity contribution in [3.63, 3.8) is 0 Å². The van der Waals surface area contributed by atoms with Gasteiger partial charge in [-0.25, -0.2) is 4.39 Å². The molecular weight excluding hydrogens is 368 g/mol. The molecule has 0 radical (unpaired) electrons. The fourth-order valence-electron chi connectivity index (χ4n) is 2.94. The van der Waals surface area contributed by atoms with Gasteiger partial charge < -0.3 is 10.4 Å². The summed E-state index contributed by atoms with van der Waals surface area (Å²) < 4.78 is 15.5. The van der Waals surface area contributed by atoms with Crippen LogP contribution >= 0.6 is 23.2 Å². The van der Waals surface area contributed by atoms with Crippen LogP contribution in [0.25, 0.3) is 0 Å². The molecule has 0 aliphatic heterocycles. The normalized spacial score (nSPS) is 25.3. The Morgan fingerprint density at radius 2 is 2.16 bits per heavy atom. The molecule has 8 heteroatoms. The van der Waals surface area contributed by atoms with Crippen molar-refractivity contribution in [3.8, 4) is 0 Å². The van der Waals surface area contributed by atoms with Gasteiger partial charge in [0.2, 0.25) is 5.67 Å². The maximum Gasteiger partial charge on any atom is 0.262 e. The molecular formula is C17H16Cl2FN3O2. The third-order valence-electron chi connectivity index (χ3n) is 4.36. The van der Waals surface area contributed by atoms with Crippen LogP contribution in [0.15, 0.2) is 30.6 Å². The number of carbonyl (C=O) groups excluding carboxylic acids is 1. The number of rotatable bonds is 3. The second-order valence-corrected chi connectivity index (χ2v) is 7.08. The van der Waals surface area contributed by atoms with Crippen LogP contribution in [0, 0.1) is 0 Å². The van der Waals surface area contributed by atoms with Crippen molar-refractivity contribution in [2.45, 2.75) is 37.6 Å². The molecule has 0 bridgehead atoms. The predicted octanol–water partition coefficient (Wildman–Crippen LogP) is 3.27. The highest BCUT2D eigenvalue weighted by atomic mass is 35.5. The van der Waals surface area contributed by atoms with E-state index in [1.165, 1.54) is 24.5 Å². The highest BCUT2D eigenvalue weighted by Crippen LogP contribution is 2.45. The van der Waals surface area contributed by atoms with Crippen molar-refractivity contribution in [1.82, 2.24) is 15.3 Å². The summed E-state index contributed by atoms with van der Waals surface area (Å²) in [6.45, 7) is 1.53. The first-order valence-corrected chi connectivity index (χ1v) is 8.45. The number of halogens is 3. The van der Waals surface area contributed by atoms with Crippen LogP contribution in [0.5, 0.6) is 0 Å². The van der Waals surface area contributed by atoms with E-state index < -0.39 is 17.2 Å². The Hall–Kier alpha value is -1.76. The smallest absolute Gasteiger partial charge is 0.262 e. The van der Waals surface area contributed by atoms with Gasteiger partial charge in [-0.2, -0.15) is 0 Å². The van der Waals surface area contributed by atoms with E-state index in [2.05, 4.69) is 15.3 Å². The lowest BCUT2D eigenvalue weighted by molar-refractivity contribution is -0.136. The summed E-state index contributed by atoms with van der Waals surface area (Å²) in [5, 5.41) is 13.6. The SMILES string of the molecule is C[C@]1(O)CC[C@@](F)(C(=O)NCc2ncc(Cl)cc2Cl)c2cccnc21. The first kappa shape index (κ1) is 18.0. The topological polar surface area (TPSA) is 75.1 Å². The van der Waals surface area contributed by atoms with Gasteiger partial charge in [-0.05, 0) is 31.9 Å². The lowest BCUT2D eigenvalue weighted by atomic mass is 9.75. The number of hydrogen-bond acceptors (Lipinski definition) is 4.